The van der Waals surface area contributed by atoms with Crippen molar-refractivity contribution < 1.29 is 23.8 Å². The molecule has 182 valence electrons. The zero-order valence-corrected chi connectivity index (χ0v) is 20.2. The molecule has 0 saturated carbocycles. The van der Waals surface area contributed by atoms with Gasteiger partial charge in [-0.05, 0) is 54.4 Å². The first-order chi connectivity index (χ1) is 17.5. The molecule has 0 fully saturated rings. The van der Waals surface area contributed by atoms with Crippen molar-refractivity contribution >= 4 is 17.6 Å². The van der Waals surface area contributed by atoms with Crippen LogP contribution in [-0.4, -0.2) is 19.0 Å². The second-order valence-corrected chi connectivity index (χ2v) is 8.26. The lowest BCUT2D eigenvalue weighted by molar-refractivity contribution is -0.115. The average molecular weight is 482 g/mol. The fraction of sp³-hybridized carbons (Fsp3) is 0.133. The highest BCUT2D eigenvalue weighted by atomic mass is 16.5. The van der Waals surface area contributed by atoms with Gasteiger partial charge < -0.3 is 19.5 Å². The maximum atomic E-state index is 12.6. The van der Waals surface area contributed by atoms with Gasteiger partial charge in [0, 0.05) is 6.07 Å². The first-order valence-electron chi connectivity index (χ1n) is 11.5. The number of ether oxygens (including phenoxy) is 3. The first kappa shape index (κ1) is 24.5. The smallest absolute Gasteiger partial charge is 0.339 e. The molecule has 0 bridgehead atoms. The molecule has 4 aromatic rings. The van der Waals surface area contributed by atoms with Gasteiger partial charge in [0.1, 0.15) is 23.9 Å². The highest BCUT2D eigenvalue weighted by molar-refractivity contribution is 6.01. The minimum Gasteiger partial charge on any atom is -0.489 e. The number of nitrogens with one attached hydrogen (secondary N) is 1. The van der Waals surface area contributed by atoms with Crippen molar-refractivity contribution in [3.05, 3.63) is 119 Å². The second-order valence-electron chi connectivity index (χ2n) is 8.26. The number of hydrogen-bond donors (Lipinski definition) is 1. The summed E-state index contributed by atoms with van der Waals surface area (Å²) >= 11 is 0. The average Bonchev–Trinajstić information content (AvgIpc) is 2.90. The minimum absolute atomic E-state index is 0.150. The van der Waals surface area contributed by atoms with E-state index < -0.39 is 5.97 Å². The predicted octanol–water partition coefficient (Wildman–Crippen LogP) is 6.33. The standard InChI is InChI=1S/C30H27NO5/c1-21-11-16-28(27(17-21)30(33)34-2)31-29(32)18-22-12-14-24(15-13-22)36-26-10-6-9-25(19-26)35-20-23-7-4-3-5-8-23/h3-17,19H,18,20H2,1-2H3,(H,31,32). The van der Waals surface area contributed by atoms with E-state index in [4.69, 9.17) is 14.2 Å². The van der Waals surface area contributed by atoms with Gasteiger partial charge in [0.05, 0.1) is 24.8 Å². The van der Waals surface area contributed by atoms with Crippen LogP contribution in [0.4, 0.5) is 5.69 Å². The van der Waals surface area contributed by atoms with E-state index in [9.17, 15) is 9.59 Å². The number of aryl methyl sites for hydroxylation is 1. The number of carbonyl (C=O) groups excluding carboxylic acids is 2. The van der Waals surface area contributed by atoms with Crippen LogP contribution in [0, 0.1) is 6.92 Å². The molecule has 1 amide bonds. The van der Waals surface area contributed by atoms with E-state index in [1.54, 1.807) is 12.1 Å². The molecule has 0 aliphatic rings. The SMILES string of the molecule is COC(=O)c1cc(C)ccc1NC(=O)Cc1ccc(Oc2cccc(OCc3ccccc3)c2)cc1. The number of benzene rings is 4. The van der Waals surface area contributed by atoms with Crippen LogP contribution in [0.25, 0.3) is 0 Å². The van der Waals surface area contributed by atoms with E-state index in [-0.39, 0.29) is 12.3 Å². The van der Waals surface area contributed by atoms with Crippen molar-refractivity contribution in [1.82, 2.24) is 0 Å². The Bertz CT molecular complexity index is 1330. The third-order valence-electron chi connectivity index (χ3n) is 5.43. The van der Waals surface area contributed by atoms with Crippen LogP contribution in [0.5, 0.6) is 17.2 Å². The normalized spacial score (nSPS) is 10.4. The Morgan fingerprint density at radius 3 is 2.25 bits per heavy atom. The Morgan fingerprint density at radius 1 is 0.750 bits per heavy atom. The molecule has 6 nitrogen and oxygen atoms in total. The molecule has 0 spiro atoms. The Morgan fingerprint density at radius 2 is 1.50 bits per heavy atom. The first-order valence-corrected chi connectivity index (χ1v) is 11.5. The summed E-state index contributed by atoms with van der Waals surface area (Å²) in [5.41, 5.74) is 3.55. The number of rotatable bonds is 9. The van der Waals surface area contributed by atoms with Crippen LogP contribution < -0.4 is 14.8 Å². The van der Waals surface area contributed by atoms with E-state index >= 15 is 0 Å². The summed E-state index contributed by atoms with van der Waals surface area (Å²) in [6, 6.07) is 29.9. The summed E-state index contributed by atoms with van der Waals surface area (Å²) < 4.78 is 16.6. The van der Waals surface area contributed by atoms with E-state index in [1.165, 1.54) is 7.11 Å². The zero-order chi connectivity index (χ0) is 25.3. The van der Waals surface area contributed by atoms with Crippen molar-refractivity contribution in [2.24, 2.45) is 0 Å². The molecular formula is C30H27NO5. The number of hydrogen-bond acceptors (Lipinski definition) is 5. The third kappa shape index (κ3) is 6.73. The van der Waals surface area contributed by atoms with Crippen LogP contribution in [0.2, 0.25) is 0 Å². The molecule has 0 saturated heterocycles. The fourth-order valence-electron chi connectivity index (χ4n) is 3.61. The van der Waals surface area contributed by atoms with Crippen molar-refractivity contribution in [2.75, 3.05) is 12.4 Å². The van der Waals surface area contributed by atoms with Crippen LogP contribution in [0.1, 0.15) is 27.0 Å². The summed E-state index contributed by atoms with van der Waals surface area (Å²) in [4.78, 5) is 24.6. The second kappa shape index (κ2) is 11.7. The van der Waals surface area contributed by atoms with Gasteiger partial charge in [-0.25, -0.2) is 4.79 Å². The molecule has 0 aromatic heterocycles. The van der Waals surface area contributed by atoms with Crippen molar-refractivity contribution in [3.8, 4) is 17.2 Å². The molecule has 0 atom stereocenters. The summed E-state index contributed by atoms with van der Waals surface area (Å²) in [6.45, 7) is 2.35. The van der Waals surface area contributed by atoms with Gasteiger partial charge in [0.25, 0.3) is 0 Å². The van der Waals surface area contributed by atoms with Gasteiger partial charge in [0.15, 0.2) is 0 Å². The van der Waals surface area contributed by atoms with E-state index in [2.05, 4.69) is 5.32 Å². The topological polar surface area (TPSA) is 73.9 Å². The molecule has 6 heteroatoms. The Hall–Kier alpha value is -4.58. The fourth-order valence-corrected chi connectivity index (χ4v) is 3.61. The van der Waals surface area contributed by atoms with Gasteiger partial charge in [0.2, 0.25) is 5.91 Å². The van der Waals surface area contributed by atoms with Gasteiger partial charge in [-0.2, -0.15) is 0 Å². The molecule has 0 radical (unpaired) electrons. The maximum Gasteiger partial charge on any atom is 0.339 e. The van der Waals surface area contributed by atoms with Gasteiger partial charge in [-0.3, -0.25) is 4.79 Å². The molecular weight excluding hydrogens is 454 g/mol. The molecule has 0 aliphatic carbocycles. The number of anilines is 1. The molecule has 4 aromatic carbocycles. The molecule has 1 N–H and O–H groups in total. The van der Waals surface area contributed by atoms with Crippen LogP contribution in [0.15, 0.2) is 97.1 Å². The number of methoxy groups -OCH3 is 1. The van der Waals surface area contributed by atoms with Crippen molar-refractivity contribution in [3.63, 3.8) is 0 Å². The third-order valence-corrected chi connectivity index (χ3v) is 5.43. The molecule has 0 aliphatic heterocycles. The largest absolute Gasteiger partial charge is 0.489 e. The highest BCUT2D eigenvalue weighted by Crippen LogP contribution is 2.26. The Balaban J connectivity index is 1.34. The lowest BCUT2D eigenvalue weighted by Gasteiger charge is -2.11. The number of carbonyl (C=O) groups is 2. The Kier molecular flexibility index (Phi) is 7.98. The van der Waals surface area contributed by atoms with Gasteiger partial charge in [-0.1, -0.05) is 60.2 Å². The van der Waals surface area contributed by atoms with Gasteiger partial charge >= 0.3 is 5.97 Å². The molecule has 0 unspecified atom stereocenters. The summed E-state index contributed by atoms with van der Waals surface area (Å²) in [7, 11) is 1.31. The number of amides is 1. The van der Waals surface area contributed by atoms with E-state index in [0.717, 1.165) is 16.7 Å². The highest BCUT2D eigenvalue weighted by Gasteiger charge is 2.14. The van der Waals surface area contributed by atoms with Crippen molar-refractivity contribution in [2.45, 2.75) is 20.0 Å². The molecule has 36 heavy (non-hydrogen) atoms. The van der Waals surface area contributed by atoms with Gasteiger partial charge in [-0.15, -0.1) is 0 Å². The molecule has 0 heterocycles. The summed E-state index contributed by atoms with van der Waals surface area (Å²) in [5.74, 6) is 1.28. The maximum absolute atomic E-state index is 12.6. The van der Waals surface area contributed by atoms with Crippen LogP contribution >= 0.6 is 0 Å². The van der Waals surface area contributed by atoms with E-state index in [0.29, 0.717) is 35.1 Å². The van der Waals surface area contributed by atoms with Crippen LogP contribution in [-0.2, 0) is 22.6 Å². The van der Waals surface area contributed by atoms with E-state index in [1.807, 2.05) is 91.9 Å². The summed E-state index contributed by atoms with van der Waals surface area (Å²) in [6.07, 6.45) is 0.150. The minimum atomic E-state index is -0.495. The predicted molar refractivity (Wildman–Crippen MR) is 139 cm³/mol. The zero-order valence-electron chi connectivity index (χ0n) is 20.2. The monoisotopic (exact) mass is 481 g/mol. The quantitative estimate of drug-likeness (QED) is 0.283. The Labute approximate surface area is 210 Å². The van der Waals surface area contributed by atoms with Crippen molar-refractivity contribution in [1.29, 1.82) is 0 Å². The molecule has 4 rings (SSSR count). The van der Waals surface area contributed by atoms with Crippen LogP contribution in [0.3, 0.4) is 0 Å². The number of esters is 1. The lowest BCUT2D eigenvalue weighted by Crippen LogP contribution is -2.17. The summed E-state index contributed by atoms with van der Waals surface area (Å²) in [5, 5.41) is 2.80. The lowest BCUT2D eigenvalue weighted by atomic mass is 10.1.